The van der Waals surface area contributed by atoms with Gasteiger partial charge in [-0.1, -0.05) is 26.2 Å². The number of aliphatic hydroxyl groups is 1. The van der Waals surface area contributed by atoms with E-state index in [-0.39, 0.29) is 6.03 Å². The van der Waals surface area contributed by atoms with Gasteiger partial charge in [0, 0.05) is 13.1 Å². The predicted octanol–water partition coefficient (Wildman–Crippen LogP) is 3.29. The molecule has 1 aromatic heterocycles. The Morgan fingerprint density at radius 3 is 2.86 bits per heavy atom. The van der Waals surface area contributed by atoms with Gasteiger partial charge in [-0.05, 0) is 37.8 Å². The third kappa shape index (κ3) is 5.05. The van der Waals surface area contributed by atoms with Crippen molar-refractivity contribution in [1.29, 1.82) is 0 Å². The van der Waals surface area contributed by atoms with Gasteiger partial charge in [-0.3, -0.25) is 0 Å². The highest BCUT2D eigenvalue weighted by molar-refractivity contribution is 5.74. The molecule has 22 heavy (non-hydrogen) atoms. The smallest absolute Gasteiger partial charge is 0.317 e. The molecule has 1 aliphatic rings. The molecule has 0 saturated heterocycles. The quantitative estimate of drug-likeness (QED) is 0.774. The summed E-state index contributed by atoms with van der Waals surface area (Å²) in [5, 5.41) is 13.3. The summed E-state index contributed by atoms with van der Waals surface area (Å²) in [5.74, 6) is 0.792. The lowest BCUT2D eigenvalue weighted by atomic mass is 9.98. The largest absolute Gasteiger partial charge is 0.467 e. The Balaban J connectivity index is 1.79. The molecule has 0 unspecified atom stereocenters. The van der Waals surface area contributed by atoms with Gasteiger partial charge < -0.3 is 19.7 Å². The van der Waals surface area contributed by atoms with Gasteiger partial charge in [0.25, 0.3) is 0 Å². The number of nitrogens with one attached hydrogen (secondary N) is 1. The average Bonchev–Trinajstić information content (AvgIpc) is 3.15. The molecule has 0 radical (unpaired) electrons. The summed E-state index contributed by atoms with van der Waals surface area (Å²) >= 11 is 0. The molecular formula is C17H28N2O3. The van der Waals surface area contributed by atoms with Gasteiger partial charge in [0.05, 0.1) is 18.4 Å². The van der Waals surface area contributed by atoms with Crippen LogP contribution in [0, 0.1) is 0 Å². The van der Waals surface area contributed by atoms with Crippen LogP contribution in [0.2, 0.25) is 0 Å². The van der Waals surface area contributed by atoms with Gasteiger partial charge in [0.2, 0.25) is 0 Å². The van der Waals surface area contributed by atoms with Crippen molar-refractivity contribution in [2.24, 2.45) is 0 Å². The van der Waals surface area contributed by atoms with Gasteiger partial charge in [0.1, 0.15) is 5.76 Å². The number of nitrogens with zero attached hydrogens (tertiary/aromatic N) is 1. The van der Waals surface area contributed by atoms with Gasteiger partial charge in [-0.25, -0.2) is 4.79 Å². The van der Waals surface area contributed by atoms with Crippen molar-refractivity contribution in [3.05, 3.63) is 24.2 Å². The Bertz CT molecular complexity index is 439. The fourth-order valence-electron chi connectivity index (χ4n) is 2.99. The zero-order chi connectivity index (χ0) is 15.8. The highest BCUT2D eigenvalue weighted by atomic mass is 16.3. The second-order valence-corrected chi connectivity index (χ2v) is 6.27. The summed E-state index contributed by atoms with van der Waals surface area (Å²) in [7, 11) is 0. The molecular weight excluding hydrogens is 280 g/mol. The van der Waals surface area contributed by atoms with Crippen LogP contribution in [0.1, 0.15) is 57.6 Å². The van der Waals surface area contributed by atoms with E-state index in [0.29, 0.717) is 26.1 Å². The Morgan fingerprint density at radius 2 is 2.23 bits per heavy atom. The number of hydrogen-bond donors (Lipinski definition) is 2. The fraction of sp³-hybridized carbons (Fsp3) is 0.706. The van der Waals surface area contributed by atoms with Crippen LogP contribution in [0.15, 0.2) is 22.8 Å². The number of rotatable bonds is 8. The van der Waals surface area contributed by atoms with E-state index in [4.69, 9.17) is 4.42 Å². The van der Waals surface area contributed by atoms with E-state index in [1.165, 1.54) is 0 Å². The molecule has 1 heterocycles. The fourth-order valence-corrected chi connectivity index (χ4v) is 2.99. The van der Waals surface area contributed by atoms with Crippen LogP contribution in [0.5, 0.6) is 0 Å². The lowest BCUT2D eigenvalue weighted by Crippen LogP contribution is -2.42. The van der Waals surface area contributed by atoms with Crippen LogP contribution in [0.25, 0.3) is 0 Å². The van der Waals surface area contributed by atoms with Crippen molar-refractivity contribution in [1.82, 2.24) is 10.2 Å². The highest BCUT2D eigenvalue weighted by Gasteiger charge is 2.30. The summed E-state index contributed by atoms with van der Waals surface area (Å²) in [6.07, 6.45) is 8.17. The van der Waals surface area contributed by atoms with Gasteiger partial charge in [0.15, 0.2) is 0 Å². The molecule has 124 valence electrons. The second-order valence-electron chi connectivity index (χ2n) is 6.27. The maximum absolute atomic E-state index is 12.3. The first kappa shape index (κ1) is 16.9. The molecule has 0 atom stereocenters. The highest BCUT2D eigenvalue weighted by Crippen LogP contribution is 2.31. The SMILES string of the molecule is CCCCN(Cc1ccco1)C(=O)NCCC1(O)CCCC1. The van der Waals surface area contributed by atoms with Crippen molar-refractivity contribution in [2.75, 3.05) is 13.1 Å². The van der Waals surface area contributed by atoms with E-state index in [9.17, 15) is 9.90 Å². The topological polar surface area (TPSA) is 65.7 Å². The van der Waals surface area contributed by atoms with Crippen molar-refractivity contribution in [3.8, 4) is 0 Å². The minimum Gasteiger partial charge on any atom is -0.467 e. The number of furan rings is 1. The molecule has 5 nitrogen and oxygen atoms in total. The predicted molar refractivity (Wildman–Crippen MR) is 85.5 cm³/mol. The average molecular weight is 308 g/mol. The molecule has 1 aromatic rings. The van der Waals surface area contributed by atoms with Gasteiger partial charge in [-0.15, -0.1) is 0 Å². The standard InChI is InChI=1S/C17H28N2O3/c1-2-3-12-19(14-15-7-6-13-22-15)16(20)18-11-10-17(21)8-4-5-9-17/h6-7,13,21H,2-5,8-12,14H2,1H3,(H,18,20). The van der Waals surface area contributed by atoms with E-state index in [1.807, 2.05) is 12.1 Å². The maximum Gasteiger partial charge on any atom is 0.317 e. The Hall–Kier alpha value is -1.49. The number of hydrogen-bond acceptors (Lipinski definition) is 3. The summed E-state index contributed by atoms with van der Waals surface area (Å²) in [6.45, 7) is 3.84. The normalized spacial score (nSPS) is 16.6. The number of unbranched alkanes of at least 4 members (excludes halogenated alkanes) is 1. The Kier molecular flexibility index (Phi) is 6.31. The first-order valence-corrected chi connectivity index (χ1v) is 8.40. The van der Waals surface area contributed by atoms with Crippen LogP contribution in [0.3, 0.4) is 0 Å². The zero-order valence-corrected chi connectivity index (χ0v) is 13.5. The van der Waals surface area contributed by atoms with Crippen LogP contribution >= 0.6 is 0 Å². The van der Waals surface area contributed by atoms with Gasteiger partial charge in [-0.2, -0.15) is 0 Å². The minimum absolute atomic E-state index is 0.0774. The zero-order valence-electron chi connectivity index (χ0n) is 13.5. The first-order valence-electron chi connectivity index (χ1n) is 8.40. The first-order chi connectivity index (χ1) is 10.6. The van der Waals surface area contributed by atoms with E-state index in [0.717, 1.165) is 44.3 Å². The molecule has 1 fully saturated rings. The molecule has 0 aromatic carbocycles. The molecule has 1 saturated carbocycles. The molecule has 0 spiro atoms. The maximum atomic E-state index is 12.3. The summed E-state index contributed by atoms with van der Waals surface area (Å²) in [5.41, 5.74) is -0.567. The van der Waals surface area contributed by atoms with Crippen LogP contribution in [-0.2, 0) is 6.54 Å². The Labute approximate surface area is 132 Å². The minimum atomic E-state index is -0.567. The molecule has 2 amide bonds. The summed E-state index contributed by atoms with van der Waals surface area (Å²) in [6, 6.07) is 3.64. The third-order valence-electron chi connectivity index (χ3n) is 4.40. The van der Waals surface area contributed by atoms with E-state index in [2.05, 4.69) is 12.2 Å². The third-order valence-corrected chi connectivity index (χ3v) is 4.40. The molecule has 2 N–H and O–H groups in total. The second kappa shape index (κ2) is 8.22. The summed E-state index contributed by atoms with van der Waals surface area (Å²) < 4.78 is 5.33. The molecule has 0 aliphatic heterocycles. The lowest BCUT2D eigenvalue weighted by molar-refractivity contribution is 0.0394. The number of carbonyl (C=O) groups is 1. The molecule has 2 rings (SSSR count). The monoisotopic (exact) mass is 308 g/mol. The van der Waals surface area contributed by atoms with Crippen LogP contribution in [0.4, 0.5) is 4.79 Å². The van der Waals surface area contributed by atoms with E-state index >= 15 is 0 Å². The van der Waals surface area contributed by atoms with Crippen LogP contribution < -0.4 is 5.32 Å². The van der Waals surface area contributed by atoms with Crippen LogP contribution in [-0.4, -0.2) is 34.7 Å². The van der Waals surface area contributed by atoms with Crippen molar-refractivity contribution >= 4 is 6.03 Å². The van der Waals surface area contributed by atoms with Gasteiger partial charge >= 0.3 is 6.03 Å². The number of urea groups is 1. The summed E-state index contributed by atoms with van der Waals surface area (Å²) in [4.78, 5) is 14.1. The molecule has 0 bridgehead atoms. The number of carbonyl (C=O) groups excluding carboxylic acids is 1. The van der Waals surface area contributed by atoms with Crippen molar-refractivity contribution in [2.45, 2.75) is 64.0 Å². The van der Waals surface area contributed by atoms with Crippen molar-refractivity contribution < 1.29 is 14.3 Å². The Morgan fingerprint density at radius 1 is 1.45 bits per heavy atom. The lowest BCUT2D eigenvalue weighted by Gasteiger charge is -2.25. The van der Waals surface area contributed by atoms with Crippen molar-refractivity contribution in [3.63, 3.8) is 0 Å². The van der Waals surface area contributed by atoms with E-state index in [1.54, 1.807) is 11.2 Å². The molecule has 5 heteroatoms. The van der Waals surface area contributed by atoms with E-state index < -0.39 is 5.60 Å². The number of amides is 2. The molecule has 1 aliphatic carbocycles.